The quantitative estimate of drug-likeness (QED) is 0.848. The van der Waals surface area contributed by atoms with Gasteiger partial charge in [-0.15, -0.1) is 13.2 Å². The molecular formula is C13H11F3N2O3. The van der Waals surface area contributed by atoms with Gasteiger partial charge < -0.3 is 10.1 Å². The molecule has 112 valence electrons. The maximum absolute atomic E-state index is 12.0. The van der Waals surface area contributed by atoms with E-state index in [1.165, 1.54) is 19.1 Å². The van der Waals surface area contributed by atoms with E-state index in [4.69, 9.17) is 5.26 Å². The number of amides is 1. The summed E-state index contributed by atoms with van der Waals surface area (Å²) < 4.78 is 39.6. The molecule has 0 aliphatic rings. The lowest BCUT2D eigenvalue weighted by atomic mass is 10.0. The fraction of sp³-hybridized carbons (Fsp3) is 0.308. The number of nitrogens with zero attached hydrogens (tertiary/aromatic N) is 1. The zero-order valence-corrected chi connectivity index (χ0v) is 10.9. The summed E-state index contributed by atoms with van der Waals surface area (Å²) in [5, 5.41) is 11.1. The maximum Gasteiger partial charge on any atom is 0.573 e. The van der Waals surface area contributed by atoms with Gasteiger partial charge in [-0.1, -0.05) is 6.92 Å². The van der Waals surface area contributed by atoms with Gasteiger partial charge in [0, 0.05) is 12.1 Å². The lowest BCUT2D eigenvalue weighted by Crippen LogP contribution is -2.28. The number of ketones is 1. The van der Waals surface area contributed by atoms with Gasteiger partial charge in [0.15, 0.2) is 11.7 Å². The van der Waals surface area contributed by atoms with Crippen molar-refractivity contribution >= 4 is 17.4 Å². The van der Waals surface area contributed by atoms with Crippen LogP contribution in [0.15, 0.2) is 24.3 Å². The van der Waals surface area contributed by atoms with Crippen LogP contribution in [0, 0.1) is 17.2 Å². The van der Waals surface area contributed by atoms with Gasteiger partial charge in [-0.2, -0.15) is 5.26 Å². The summed E-state index contributed by atoms with van der Waals surface area (Å²) in [5.41, 5.74) is 0.152. The van der Waals surface area contributed by atoms with Gasteiger partial charge in [0.05, 0.1) is 6.07 Å². The normalized spacial score (nSPS) is 12.1. The van der Waals surface area contributed by atoms with E-state index in [9.17, 15) is 22.8 Å². The Morgan fingerprint density at radius 1 is 1.33 bits per heavy atom. The van der Waals surface area contributed by atoms with Crippen molar-refractivity contribution in [3.63, 3.8) is 0 Å². The third kappa shape index (κ3) is 5.14. The van der Waals surface area contributed by atoms with Gasteiger partial charge in [-0.3, -0.25) is 9.59 Å². The molecule has 1 unspecified atom stereocenters. The third-order valence-electron chi connectivity index (χ3n) is 2.42. The standard InChI is InChI=1S/C13H11F3N2O3/c1-2-11(19)10(7-17)12(20)18-8-3-5-9(6-4-8)21-13(14,15)16/h3-6,10H,2H2,1H3,(H,18,20). The van der Waals surface area contributed by atoms with Gasteiger partial charge in [-0.25, -0.2) is 0 Å². The van der Waals surface area contributed by atoms with Crippen LogP contribution < -0.4 is 10.1 Å². The molecule has 0 saturated heterocycles. The summed E-state index contributed by atoms with van der Waals surface area (Å²) in [5.74, 6) is -3.25. The predicted molar refractivity (Wildman–Crippen MR) is 66.2 cm³/mol. The molecule has 21 heavy (non-hydrogen) atoms. The first kappa shape index (κ1) is 16.5. The zero-order chi connectivity index (χ0) is 16.0. The Labute approximate surface area is 118 Å². The Morgan fingerprint density at radius 3 is 2.33 bits per heavy atom. The minimum absolute atomic E-state index is 0.0318. The molecule has 1 rings (SSSR count). The number of carbonyl (C=O) groups excluding carboxylic acids is 2. The summed E-state index contributed by atoms with van der Waals surface area (Å²) in [6, 6.07) is 5.93. The Hall–Kier alpha value is -2.56. The van der Waals surface area contributed by atoms with Crippen LogP contribution in [-0.4, -0.2) is 18.1 Å². The number of alkyl halides is 3. The lowest BCUT2D eigenvalue weighted by Gasteiger charge is -2.11. The molecule has 5 nitrogen and oxygen atoms in total. The Balaban J connectivity index is 2.74. The van der Waals surface area contributed by atoms with E-state index in [0.717, 1.165) is 12.1 Å². The van der Waals surface area contributed by atoms with Crippen molar-refractivity contribution in [1.29, 1.82) is 5.26 Å². The summed E-state index contributed by atoms with van der Waals surface area (Å²) in [6.45, 7) is 1.52. The van der Waals surface area contributed by atoms with Crippen molar-refractivity contribution in [3.05, 3.63) is 24.3 Å². The lowest BCUT2D eigenvalue weighted by molar-refractivity contribution is -0.274. The first-order chi connectivity index (χ1) is 9.76. The minimum atomic E-state index is -4.80. The van der Waals surface area contributed by atoms with Crippen LogP contribution in [0.1, 0.15) is 13.3 Å². The monoisotopic (exact) mass is 300 g/mol. The molecule has 0 aliphatic heterocycles. The zero-order valence-electron chi connectivity index (χ0n) is 10.9. The highest BCUT2D eigenvalue weighted by Crippen LogP contribution is 2.24. The predicted octanol–water partition coefficient (Wildman–Crippen LogP) is 2.64. The van der Waals surface area contributed by atoms with E-state index < -0.39 is 29.7 Å². The number of nitrogens with one attached hydrogen (secondary N) is 1. The highest BCUT2D eigenvalue weighted by molar-refractivity contribution is 6.09. The summed E-state index contributed by atoms with van der Waals surface area (Å²) in [6.07, 6.45) is -4.77. The number of ether oxygens (including phenoxy) is 1. The average Bonchev–Trinajstić information content (AvgIpc) is 2.40. The average molecular weight is 300 g/mol. The second-order valence-corrected chi connectivity index (χ2v) is 3.94. The molecule has 0 bridgehead atoms. The second kappa shape index (κ2) is 6.74. The summed E-state index contributed by atoms with van der Waals surface area (Å²) in [4.78, 5) is 23.0. The number of halogens is 3. The first-order valence-corrected chi connectivity index (χ1v) is 5.86. The van der Waals surface area contributed by atoms with Crippen LogP contribution in [0.2, 0.25) is 0 Å². The summed E-state index contributed by atoms with van der Waals surface area (Å²) in [7, 11) is 0. The topological polar surface area (TPSA) is 79.2 Å². The van der Waals surface area contributed by atoms with Crippen molar-refractivity contribution in [1.82, 2.24) is 0 Å². The highest BCUT2D eigenvalue weighted by Gasteiger charge is 2.31. The number of anilines is 1. The molecule has 0 spiro atoms. The largest absolute Gasteiger partial charge is 0.573 e. The molecule has 0 heterocycles. The van der Waals surface area contributed by atoms with Crippen molar-refractivity contribution < 1.29 is 27.5 Å². The molecule has 0 aliphatic carbocycles. The molecule has 1 amide bonds. The maximum atomic E-state index is 12.0. The van der Waals surface area contributed by atoms with Crippen LogP contribution in [0.25, 0.3) is 0 Å². The van der Waals surface area contributed by atoms with Crippen molar-refractivity contribution in [2.24, 2.45) is 5.92 Å². The Bertz CT molecular complexity index is 562. The van der Waals surface area contributed by atoms with Gasteiger partial charge >= 0.3 is 6.36 Å². The van der Waals surface area contributed by atoms with E-state index >= 15 is 0 Å². The second-order valence-electron chi connectivity index (χ2n) is 3.94. The number of carbonyl (C=O) groups is 2. The highest BCUT2D eigenvalue weighted by atomic mass is 19.4. The van der Waals surface area contributed by atoms with Gasteiger partial charge in [0.2, 0.25) is 5.91 Å². The van der Waals surface area contributed by atoms with E-state index in [1.54, 1.807) is 6.07 Å². The van der Waals surface area contributed by atoms with Crippen molar-refractivity contribution in [3.8, 4) is 11.8 Å². The van der Waals surface area contributed by atoms with Gasteiger partial charge in [0.25, 0.3) is 0 Å². The number of hydrogen-bond acceptors (Lipinski definition) is 4. The van der Waals surface area contributed by atoms with Gasteiger partial charge in [-0.05, 0) is 24.3 Å². The fourth-order valence-corrected chi connectivity index (χ4v) is 1.44. The number of hydrogen-bond donors (Lipinski definition) is 1. The van der Waals surface area contributed by atoms with Gasteiger partial charge in [0.1, 0.15) is 5.75 Å². The van der Waals surface area contributed by atoms with Crippen molar-refractivity contribution in [2.45, 2.75) is 19.7 Å². The number of nitriles is 1. The molecule has 0 saturated carbocycles. The summed E-state index contributed by atoms with van der Waals surface area (Å²) >= 11 is 0. The SMILES string of the molecule is CCC(=O)C(C#N)C(=O)Nc1ccc(OC(F)(F)F)cc1. The Morgan fingerprint density at radius 2 is 1.90 bits per heavy atom. The van der Waals surface area contributed by atoms with E-state index in [-0.39, 0.29) is 12.1 Å². The van der Waals surface area contributed by atoms with Crippen LogP contribution >= 0.6 is 0 Å². The van der Waals surface area contributed by atoms with Crippen molar-refractivity contribution in [2.75, 3.05) is 5.32 Å². The third-order valence-corrected chi connectivity index (χ3v) is 2.42. The molecule has 1 aromatic carbocycles. The number of rotatable bonds is 5. The smallest absolute Gasteiger partial charge is 0.406 e. The first-order valence-electron chi connectivity index (χ1n) is 5.86. The molecule has 8 heteroatoms. The van der Waals surface area contributed by atoms with Crippen LogP contribution in [0.4, 0.5) is 18.9 Å². The minimum Gasteiger partial charge on any atom is -0.406 e. The van der Waals surface area contributed by atoms with Crippen LogP contribution in [0.5, 0.6) is 5.75 Å². The van der Waals surface area contributed by atoms with Crippen LogP contribution in [-0.2, 0) is 9.59 Å². The van der Waals surface area contributed by atoms with Crippen LogP contribution in [0.3, 0.4) is 0 Å². The molecule has 0 aromatic heterocycles. The van der Waals surface area contributed by atoms with E-state index in [1.807, 2.05) is 0 Å². The number of benzene rings is 1. The van der Waals surface area contributed by atoms with E-state index in [0.29, 0.717) is 0 Å². The fourth-order valence-electron chi connectivity index (χ4n) is 1.44. The molecule has 1 atom stereocenters. The molecule has 1 aromatic rings. The number of Topliss-reactive ketones (excluding diaryl/α,β-unsaturated/α-hetero) is 1. The molecule has 0 radical (unpaired) electrons. The molecule has 1 N–H and O–H groups in total. The molecular weight excluding hydrogens is 289 g/mol. The Kier molecular flexibility index (Phi) is 5.30. The van der Waals surface area contributed by atoms with E-state index in [2.05, 4.69) is 10.1 Å². The molecule has 0 fully saturated rings.